The van der Waals surface area contributed by atoms with Crippen molar-refractivity contribution in [2.45, 2.75) is 0 Å². The molecule has 21 heavy (non-hydrogen) atoms. The van der Waals surface area contributed by atoms with E-state index in [2.05, 4.69) is 21.2 Å². The molecule has 2 aromatic rings. The van der Waals surface area contributed by atoms with Gasteiger partial charge >= 0.3 is 0 Å². The number of nitrogens with two attached hydrogens (primary N) is 1. The lowest BCUT2D eigenvalue weighted by atomic mass is 10.3. The van der Waals surface area contributed by atoms with Crippen LogP contribution >= 0.6 is 15.9 Å². The van der Waals surface area contributed by atoms with Crippen LogP contribution in [0.15, 0.2) is 46.9 Å². The van der Waals surface area contributed by atoms with Crippen LogP contribution in [0.1, 0.15) is 0 Å². The van der Waals surface area contributed by atoms with Gasteiger partial charge in [-0.1, -0.05) is 15.9 Å². The molecular formula is C15H15BrN2O3. The van der Waals surface area contributed by atoms with Crippen molar-refractivity contribution >= 4 is 33.2 Å². The second-order valence-electron chi connectivity index (χ2n) is 4.25. The average Bonchev–Trinajstić information content (AvgIpc) is 2.48. The van der Waals surface area contributed by atoms with E-state index in [-0.39, 0.29) is 12.5 Å². The van der Waals surface area contributed by atoms with Crippen molar-refractivity contribution in [3.63, 3.8) is 0 Å². The number of carbonyl (C=O) groups is 1. The minimum atomic E-state index is -0.257. The molecule has 0 aliphatic carbocycles. The molecule has 110 valence electrons. The number of halogens is 1. The first-order chi connectivity index (χ1) is 10.1. The summed E-state index contributed by atoms with van der Waals surface area (Å²) in [7, 11) is 1.56. The summed E-state index contributed by atoms with van der Waals surface area (Å²) in [5, 5.41) is 2.73. The van der Waals surface area contributed by atoms with Crippen LogP contribution in [0.3, 0.4) is 0 Å². The lowest BCUT2D eigenvalue weighted by molar-refractivity contribution is -0.118. The highest BCUT2D eigenvalue weighted by molar-refractivity contribution is 9.10. The number of hydrogen-bond donors (Lipinski definition) is 2. The largest absolute Gasteiger partial charge is 0.497 e. The molecule has 0 aliphatic heterocycles. The summed E-state index contributed by atoms with van der Waals surface area (Å²) in [5.74, 6) is 0.827. The summed E-state index contributed by atoms with van der Waals surface area (Å²) in [4.78, 5) is 11.8. The number of hydrogen-bond acceptors (Lipinski definition) is 4. The van der Waals surface area contributed by atoms with Gasteiger partial charge in [-0.2, -0.15) is 0 Å². The molecule has 5 nitrogen and oxygen atoms in total. The van der Waals surface area contributed by atoms with Crippen molar-refractivity contribution in [1.82, 2.24) is 0 Å². The first-order valence-corrected chi connectivity index (χ1v) is 6.99. The van der Waals surface area contributed by atoms with Gasteiger partial charge in [0.1, 0.15) is 11.5 Å². The Bertz CT molecular complexity index is 629. The number of anilines is 2. The van der Waals surface area contributed by atoms with Gasteiger partial charge in [-0.05, 0) is 36.4 Å². The first kappa shape index (κ1) is 15.2. The van der Waals surface area contributed by atoms with Crippen molar-refractivity contribution in [2.75, 3.05) is 24.8 Å². The summed E-state index contributed by atoms with van der Waals surface area (Å²) < 4.78 is 11.4. The summed E-state index contributed by atoms with van der Waals surface area (Å²) in [5.41, 5.74) is 6.94. The van der Waals surface area contributed by atoms with E-state index in [1.54, 1.807) is 37.4 Å². The van der Waals surface area contributed by atoms with E-state index in [1.807, 2.05) is 12.1 Å². The topological polar surface area (TPSA) is 73.6 Å². The van der Waals surface area contributed by atoms with Crippen LogP contribution in [0.25, 0.3) is 0 Å². The number of rotatable bonds is 5. The normalized spacial score (nSPS) is 10.0. The van der Waals surface area contributed by atoms with Gasteiger partial charge in [0.2, 0.25) is 0 Å². The lowest BCUT2D eigenvalue weighted by Crippen LogP contribution is -2.20. The maximum Gasteiger partial charge on any atom is 0.262 e. The second kappa shape index (κ2) is 6.99. The van der Waals surface area contributed by atoms with Crippen LogP contribution in [0.2, 0.25) is 0 Å². The molecular weight excluding hydrogens is 336 g/mol. The number of ether oxygens (including phenoxy) is 2. The number of benzene rings is 2. The van der Waals surface area contributed by atoms with Crippen LogP contribution < -0.4 is 20.5 Å². The summed E-state index contributed by atoms with van der Waals surface area (Å²) in [6.45, 7) is -0.118. The van der Waals surface area contributed by atoms with Crippen molar-refractivity contribution in [3.8, 4) is 11.5 Å². The number of methoxy groups -OCH3 is 1. The smallest absolute Gasteiger partial charge is 0.262 e. The van der Waals surface area contributed by atoms with Gasteiger partial charge in [-0.3, -0.25) is 4.79 Å². The zero-order chi connectivity index (χ0) is 15.2. The third-order valence-electron chi connectivity index (χ3n) is 2.70. The molecule has 0 saturated heterocycles. The zero-order valence-corrected chi connectivity index (χ0v) is 13.0. The van der Waals surface area contributed by atoms with E-state index >= 15 is 0 Å². The Labute approximate surface area is 131 Å². The predicted octanol–water partition coefficient (Wildman–Crippen LogP) is 3.06. The Balaban J connectivity index is 1.90. The van der Waals surface area contributed by atoms with Gasteiger partial charge in [0.25, 0.3) is 5.91 Å². The van der Waals surface area contributed by atoms with Crippen LogP contribution in [-0.4, -0.2) is 19.6 Å². The predicted molar refractivity (Wildman–Crippen MR) is 85.7 cm³/mol. The van der Waals surface area contributed by atoms with Gasteiger partial charge in [0.05, 0.1) is 12.8 Å². The molecule has 0 fully saturated rings. The molecule has 0 radical (unpaired) electrons. The summed E-state index contributed by atoms with van der Waals surface area (Å²) >= 11 is 3.33. The lowest BCUT2D eigenvalue weighted by Gasteiger charge is -2.10. The number of carbonyl (C=O) groups excluding carboxylic acids is 1. The standard InChI is InChI=1S/C15H15BrN2O3/c1-20-12-6-7-14(13(17)8-12)21-9-15(19)18-11-4-2-10(16)3-5-11/h2-8H,9,17H2,1H3,(H,18,19). The minimum absolute atomic E-state index is 0.118. The number of nitrogen functional groups attached to an aromatic ring is 1. The van der Waals surface area contributed by atoms with Crippen LogP contribution in [0, 0.1) is 0 Å². The fourth-order valence-corrected chi connectivity index (χ4v) is 1.92. The summed E-state index contributed by atoms with van der Waals surface area (Å²) in [6.07, 6.45) is 0. The Morgan fingerprint density at radius 3 is 2.57 bits per heavy atom. The molecule has 1 amide bonds. The van der Waals surface area contributed by atoms with E-state index < -0.39 is 0 Å². The fraction of sp³-hybridized carbons (Fsp3) is 0.133. The molecule has 6 heteroatoms. The Morgan fingerprint density at radius 2 is 1.95 bits per heavy atom. The molecule has 2 rings (SSSR count). The first-order valence-electron chi connectivity index (χ1n) is 6.20. The third kappa shape index (κ3) is 4.39. The number of nitrogens with one attached hydrogen (secondary N) is 1. The van der Waals surface area contributed by atoms with Crippen LogP contribution in [0.5, 0.6) is 11.5 Å². The van der Waals surface area contributed by atoms with Crippen molar-refractivity contribution < 1.29 is 14.3 Å². The highest BCUT2D eigenvalue weighted by atomic mass is 79.9. The van der Waals surface area contributed by atoms with Gasteiger partial charge in [-0.25, -0.2) is 0 Å². The van der Waals surface area contributed by atoms with E-state index in [0.29, 0.717) is 22.9 Å². The van der Waals surface area contributed by atoms with Gasteiger partial charge in [0, 0.05) is 16.2 Å². The van der Waals surface area contributed by atoms with E-state index in [4.69, 9.17) is 15.2 Å². The molecule has 0 aliphatic rings. The Kier molecular flexibility index (Phi) is 5.05. The Hall–Kier alpha value is -2.21. The highest BCUT2D eigenvalue weighted by Crippen LogP contribution is 2.26. The molecule has 0 unspecified atom stereocenters. The SMILES string of the molecule is COc1ccc(OCC(=O)Nc2ccc(Br)cc2)c(N)c1. The van der Waals surface area contributed by atoms with Crippen molar-refractivity contribution in [3.05, 3.63) is 46.9 Å². The molecule has 0 saturated carbocycles. The molecule has 0 atom stereocenters. The maximum atomic E-state index is 11.8. The zero-order valence-electron chi connectivity index (χ0n) is 11.4. The monoisotopic (exact) mass is 350 g/mol. The van der Waals surface area contributed by atoms with Gasteiger partial charge in [-0.15, -0.1) is 0 Å². The fourth-order valence-electron chi connectivity index (χ4n) is 1.66. The Morgan fingerprint density at radius 1 is 1.24 bits per heavy atom. The van der Waals surface area contributed by atoms with Crippen LogP contribution in [0.4, 0.5) is 11.4 Å². The molecule has 0 spiro atoms. The van der Waals surface area contributed by atoms with Crippen molar-refractivity contribution in [1.29, 1.82) is 0 Å². The molecule has 0 aromatic heterocycles. The third-order valence-corrected chi connectivity index (χ3v) is 3.23. The quantitative estimate of drug-likeness (QED) is 0.812. The molecule has 2 aromatic carbocycles. The molecule has 3 N–H and O–H groups in total. The van der Waals surface area contributed by atoms with Crippen LogP contribution in [-0.2, 0) is 4.79 Å². The molecule has 0 bridgehead atoms. The van der Waals surface area contributed by atoms with E-state index in [1.165, 1.54) is 0 Å². The van der Waals surface area contributed by atoms with Gasteiger partial charge < -0.3 is 20.5 Å². The number of amides is 1. The van der Waals surface area contributed by atoms with Gasteiger partial charge in [0.15, 0.2) is 6.61 Å². The average molecular weight is 351 g/mol. The molecule has 0 heterocycles. The minimum Gasteiger partial charge on any atom is -0.497 e. The van der Waals surface area contributed by atoms with E-state index in [9.17, 15) is 4.79 Å². The van der Waals surface area contributed by atoms with Crippen molar-refractivity contribution in [2.24, 2.45) is 0 Å². The maximum absolute atomic E-state index is 11.8. The highest BCUT2D eigenvalue weighted by Gasteiger charge is 2.07. The van der Waals surface area contributed by atoms with E-state index in [0.717, 1.165) is 4.47 Å². The second-order valence-corrected chi connectivity index (χ2v) is 5.16. The summed E-state index contributed by atoms with van der Waals surface area (Å²) in [6, 6.07) is 12.3.